The van der Waals surface area contributed by atoms with E-state index in [1.54, 1.807) is 13.0 Å². The van der Waals surface area contributed by atoms with Gasteiger partial charge in [-0.25, -0.2) is 9.97 Å². The summed E-state index contributed by atoms with van der Waals surface area (Å²) in [5.74, 6) is 0.419. The lowest BCUT2D eigenvalue weighted by Crippen LogP contribution is -2.39. The van der Waals surface area contributed by atoms with Crippen molar-refractivity contribution in [1.82, 2.24) is 20.4 Å². The van der Waals surface area contributed by atoms with Crippen LogP contribution in [0, 0.1) is 6.92 Å². The lowest BCUT2D eigenvalue weighted by Gasteiger charge is -2.28. The summed E-state index contributed by atoms with van der Waals surface area (Å²) in [5.41, 5.74) is 0.315. The minimum absolute atomic E-state index is 0.0543. The average molecular weight is 337 g/mol. The fraction of sp³-hybridized carbons (Fsp3) is 0.467. The first-order chi connectivity index (χ1) is 11.1. The molecule has 0 atom stereocenters. The highest BCUT2D eigenvalue weighted by Crippen LogP contribution is 2.22. The molecule has 1 aliphatic carbocycles. The van der Waals surface area contributed by atoms with Crippen molar-refractivity contribution in [2.75, 3.05) is 0 Å². The number of rotatable bonds is 4. The van der Waals surface area contributed by atoms with E-state index in [2.05, 4.69) is 20.4 Å². The van der Waals surface area contributed by atoms with Gasteiger partial charge in [0.2, 0.25) is 0 Å². The zero-order valence-corrected chi connectivity index (χ0v) is 13.4. The summed E-state index contributed by atoms with van der Waals surface area (Å²) in [6.07, 6.45) is 6.40. The largest absolute Gasteiger partial charge is 0.460 e. The van der Waals surface area contributed by atoms with Gasteiger partial charge in [-0.05, 0) is 32.6 Å². The molecule has 0 saturated heterocycles. The van der Waals surface area contributed by atoms with Gasteiger partial charge in [-0.3, -0.25) is 4.79 Å². The molecule has 23 heavy (non-hydrogen) atoms. The second-order valence-electron chi connectivity index (χ2n) is 5.57. The van der Waals surface area contributed by atoms with Gasteiger partial charge in [-0.1, -0.05) is 16.8 Å². The molecule has 8 heteroatoms. The maximum absolute atomic E-state index is 12.0. The summed E-state index contributed by atoms with van der Waals surface area (Å²) in [6, 6.07) is 2.08. The van der Waals surface area contributed by atoms with E-state index >= 15 is 0 Å². The van der Waals surface area contributed by atoms with Crippen molar-refractivity contribution < 1.29 is 14.1 Å². The molecular weight excluding hydrogens is 320 g/mol. The second kappa shape index (κ2) is 6.95. The lowest BCUT2D eigenvalue weighted by atomic mass is 9.93. The van der Waals surface area contributed by atoms with Gasteiger partial charge in [-0.2, -0.15) is 0 Å². The molecule has 1 aliphatic rings. The summed E-state index contributed by atoms with van der Waals surface area (Å²) in [6.45, 7) is 1.76. The van der Waals surface area contributed by atoms with E-state index in [-0.39, 0.29) is 18.1 Å². The molecule has 1 N–H and O–H groups in total. The highest BCUT2D eigenvalue weighted by Gasteiger charge is 2.25. The maximum atomic E-state index is 12.0. The Kier molecular flexibility index (Phi) is 4.76. The number of carbonyl (C=O) groups is 1. The Hall–Kier alpha value is -2.15. The molecule has 1 saturated carbocycles. The normalized spacial score (nSPS) is 21.0. The van der Waals surface area contributed by atoms with Crippen molar-refractivity contribution in [3.63, 3.8) is 0 Å². The summed E-state index contributed by atoms with van der Waals surface area (Å²) in [7, 11) is 0. The number of nitrogens with zero attached hydrogens (tertiary/aromatic N) is 3. The molecule has 2 aromatic heterocycles. The first kappa shape index (κ1) is 15.7. The number of hydrogen-bond donors (Lipinski definition) is 1. The van der Waals surface area contributed by atoms with Crippen molar-refractivity contribution in [3.05, 3.63) is 34.9 Å². The Morgan fingerprint density at radius 2 is 2.00 bits per heavy atom. The van der Waals surface area contributed by atoms with Gasteiger partial charge in [0.05, 0.1) is 17.4 Å². The van der Waals surface area contributed by atoms with Crippen LogP contribution in [0.15, 0.2) is 23.0 Å². The Morgan fingerprint density at radius 1 is 1.30 bits per heavy atom. The van der Waals surface area contributed by atoms with Gasteiger partial charge in [0.15, 0.2) is 5.69 Å². The van der Waals surface area contributed by atoms with Crippen LogP contribution in [-0.4, -0.2) is 33.2 Å². The molecule has 122 valence electrons. The number of amides is 1. The van der Waals surface area contributed by atoms with E-state index < -0.39 is 0 Å². The number of ether oxygens (including phenoxy) is 1. The van der Waals surface area contributed by atoms with Gasteiger partial charge in [-0.15, -0.1) is 0 Å². The highest BCUT2D eigenvalue weighted by atomic mass is 35.5. The van der Waals surface area contributed by atoms with Crippen molar-refractivity contribution in [1.29, 1.82) is 0 Å². The predicted molar refractivity (Wildman–Crippen MR) is 82.4 cm³/mol. The number of aryl methyl sites for hydroxylation is 1. The molecule has 0 unspecified atom stereocenters. The molecule has 1 amide bonds. The van der Waals surface area contributed by atoms with Crippen LogP contribution >= 0.6 is 11.6 Å². The fourth-order valence-electron chi connectivity index (χ4n) is 2.57. The van der Waals surface area contributed by atoms with Crippen LogP contribution in [0.2, 0.25) is 5.02 Å². The van der Waals surface area contributed by atoms with Crippen LogP contribution in [0.3, 0.4) is 0 Å². The van der Waals surface area contributed by atoms with Crippen LogP contribution in [0.5, 0.6) is 6.01 Å². The fourth-order valence-corrected chi connectivity index (χ4v) is 2.67. The van der Waals surface area contributed by atoms with Gasteiger partial charge >= 0.3 is 6.01 Å². The Labute approximate surface area is 138 Å². The third kappa shape index (κ3) is 4.19. The Balaban J connectivity index is 1.46. The zero-order valence-electron chi connectivity index (χ0n) is 12.7. The van der Waals surface area contributed by atoms with Crippen molar-refractivity contribution in [3.8, 4) is 6.01 Å². The number of hydrogen-bond acceptors (Lipinski definition) is 6. The van der Waals surface area contributed by atoms with E-state index in [0.717, 1.165) is 25.7 Å². The first-order valence-corrected chi connectivity index (χ1v) is 7.86. The molecule has 0 spiro atoms. The van der Waals surface area contributed by atoms with Gasteiger partial charge in [0.1, 0.15) is 11.9 Å². The Bertz CT molecular complexity index is 666. The van der Waals surface area contributed by atoms with Crippen molar-refractivity contribution in [2.45, 2.75) is 44.8 Å². The van der Waals surface area contributed by atoms with Crippen molar-refractivity contribution >= 4 is 17.5 Å². The van der Waals surface area contributed by atoms with Crippen LogP contribution in [0.1, 0.15) is 41.9 Å². The minimum Gasteiger partial charge on any atom is -0.460 e. The number of nitrogens with one attached hydrogen (secondary N) is 1. The molecule has 2 aromatic rings. The smallest absolute Gasteiger partial charge is 0.316 e. The van der Waals surface area contributed by atoms with E-state index in [1.165, 1.54) is 12.4 Å². The van der Waals surface area contributed by atoms with E-state index in [4.69, 9.17) is 20.9 Å². The summed E-state index contributed by atoms with van der Waals surface area (Å²) in [4.78, 5) is 20.1. The highest BCUT2D eigenvalue weighted by molar-refractivity contribution is 6.30. The quantitative estimate of drug-likeness (QED) is 0.922. The molecule has 7 nitrogen and oxygen atoms in total. The SMILES string of the molecule is Cc1cc(C(=O)NC2CCC(Oc3ncc(Cl)cn3)CC2)no1. The molecular formula is C15H17ClN4O3. The molecule has 0 aliphatic heterocycles. The van der Waals surface area contributed by atoms with Crippen LogP contribution < -0.4 is 10.1 Å². The molecule has 0 bridgehead atoms. The number of carbonyl (C=O) groups excluding carboxylic acids is 1. The van der Waals surface area contributed by atoms with Gasteiger partial charge in [0, 0.05) is 12.1 Å². The lowest BCUT2D eigenvalue weighted by molar-refractivity contribution is 0.0876. The van der Waals surface area contributed by atoms with Crippen LogP contribution in [0.25, 0.3) is 0 Å². The van der Waals surface area contributed by atoms with E-state index in [1.807, 2.05) is 0 Å². The predicted octanol–water partition coefficient (Wildman–Crippen LogP) is 2.55. The summed E-state index contributed by atoms with van der Waals surface area (Å²) < 4.78 is 10.6. The maximum Gasteiger partial charge on any atom is 0.316 e. The van der Waals surface area contributed by atoms with Crippen molar-refractivity contribution in [2.24, 2.45) is 0 Å². The van der Waals surface area contributed by atoms with E-state index in [0.29, 0.717) is 22.5 Å². The topological polar surface area (TPSA) is 90.1 Å². The van der Waals surface area contributed by atoms with Crippen LogP contribution in [0.4, 0.5) is 0 Å². The second-order valence-corrected chi connectivity index (χ2v) is 6.01. The standard InChI is InChI=1S/C15H17ClN4O3/c1-9-6-13(20-23-9)14(21)19-11-2-4-12(5-3-11)22-15-17-7-10(16)8-18-15/h6-8,11-12H,2-5H2,1H3,(H,19,21). The van der Waals surface area contributed by atoms with E-state index in [9.17, 15) is 4.79 Å². The van der Waals surface area contributed by atoms with Gasteiger partial charge < -0.3 is 14.6 Å². The molecule has 0 radical (unpaired) electrons. The first-order valence-electron chi connectivity index (χ1n) is 7.48. The number of aromatic nitrogens is 3. The molecule has 3 rings (SSSR count). The third-order valence-electron chi connectivity index (χ3n) is 3.74. The third-order valence-corrected chi connectivity index (χ3v) is 3.93. The zero-order chi connectivity index (χ0) is 16.2. The number of halogens is 1. The minimum atomic E-state index is -0.202. The average Bonchev–Trinajstić information content (AvgIpc) is 2.98. The Morgan fingerprint density at radius 3 is 2.61 bits per heavy atom. The van der Waals surface area contributed by atoms with Crippen LogP contribution in [-0.2, 0) is 0 Å². The molecule has 2 heterocycles. The monoisotopic (exact) mass is 336 g/mol. The summed E-state index contributed by atoms with van der Waals surface area (Å²) in [5, 5.41) is 7.17. The van der Waals surface area contributed by atoms with Gasteiger partial charge in [0.25, 0.3) is 5.91 Å². The summed E-state index contributed by atoms with van der Waals surface area (Å²) >= 11 is 5.74. The molecule has 1 fully saturated rings. The molecule has 0 aromatic carbocycles.